The van der Waals surface area contributed by atoms with Crippen molar-refractivity contribution in [3.63, 3.8) is 0 Å². The molecule has 4 rings (SSSR count). The van der Waals surface area contributed by atoms with E-state index in [1.54, 1.807) is 48.7 Å². The zero-order valence-electron chi connectivity index (χ0n) is 14.6. The highest BCUT2D eigenvalue weighted by Crippen LogP contribution is 2.19. The van der Waals surface area contributed by atoms with Gasteiger partial charge < -0.3 is 10.1 Å². The predicted octanol–water partition coefficient (Wildman–Crippen LogP) is 2.13. The fourth-order valence-electron chi connectivity index (χ4n) is 2.56. The van der Waals surface area contributed by atoms with Crippen molar-refractivity contribution in [1.29, 1.82) is 0 Å². The van der Waals surface area contributed by atoms with Crippen molar-refractivity contribution in [1.82, 2.24) is 30.1 Å². The molecule has 3 heterocycles. The maximum absolute atomic E-state index is 13.5. The second-order valence-electron chi connectivity index (χ2n) is 5.79. The summed E-state index contributed by atoms with van der Waals surface area (Å²) in [4.78, 5) is 15.9. The maximum Gasteiger partial charge on any atom is 0.269 e. The number of rotatable bonds is 6. The molecule has 0 spiro atoms. The molecule has 0 saturated carbocycles. The van der Waals surface area contributed by atoms with E-state index in [0.717, 1.165) is 0 Å². The molecule has 1 N–H and O–H groups in total. The van der Waals surface area contributed by atoms with Gasteiger partial charge in [0.05, 0.1) is 6.54 Å². The van der Waals surface area contributed by atoms with Gasteiger partial charge in [0.15, 0.2) is 11.5 Å². The molecule has 4 aromatic rings. The largest absolute Gasteiger partial charge is 0.475 e. The lowest BCUT2D eigenvalue weighted by Gasteiger charge is -2.07. The lowest BCUT2D eigenvalue weighted by molar-refractivity contribution is 0.0941. The summed E-state index contributed by atoms with van der Waals surface area (Å²) < 4.78 is 20.6. The van der Waals surface area contributed by atoms with Crippen molar-refractivity contribution < 1.29 is 13.9 Å². The Balaban J connectivity index is 1.42. The fourth-order valence-corrected chi connectivity index (χ4v) is 2.56. The van der Waals surface area contributed by atoms with E-state index in [4.69, 9.17) is 4.74 Å². The third-order valence-electron chi connectivity index (χ3n) is 3.86. The van der Waals surface area contributed by atoms with Crippen LogP contribution in [-0.2, 0) is 0 Å². The number of aromatic nitrogens is 5. The second kappa shape index (κ2) is 7.78. The Morgan fingerprint density at radius 2 is 2.04 bits per heavy atom. The Morgan fingerprint density at radius 1 is 1.11 bits per heavy atom. The van der Waals surface area contributed by atoms with Crippen LogP contribution in [0, 0.1) is 5.82 Å². The second-order valence-corrected chi connectivity index (χ2v) is 5.79. The maximum atomic E-state index is 13.5. The molecule has 140 valence electrons. The van der Waals surface area contributed by atoms with Gasteiger partial charge in [0.25, 0.3) is 5.91 Å². The number of hydrogen-bond donors (Lipinski definition) is 1. The quantitative estimate of drug-likeness (QED) is 0.517. The van der Waals surface area contributed by atoms with E-state index < -0.39 is 0 Å². The van der Waals surface area contributed by atoms with Crippen LogP contribution in [0.3, 0.4) is 0 Å². The molecular formula is C19H15FN6O2. The van der Waals surface area contributed by atoms with Crippen LogP contribution in [0.15, 0.2) is 60.8 Å². The van der Waals surface area contributed by atoms with Crippen LogP contribution in [0.1, 0.15) is 10.5 Å². The number of carbonyl (C=O) groups is 1. The summed E-state index contributed by atoms with van der Waals surface area (Å²) in [6.45, 7) is 0.503. The standard InChI is InChI=1S/C19H15FN6O2/c20-14-5-3-4-13(12-14)18-24-23-16-7-8-17(25-26(16)18)28-11-10-22-19(27)15-6-1-2-9-21-15/h1-9,12H,10-11H2,(H,22,27). The van der Waals surface area contributed by atoms with Crippen LogP contribution < -0.4 is 10.1 Å². The number of carbonyl (C=O) groups excluding carboxylic acids is 1. The molecule has 8 nitrogen and oxygen atoms in total. The molecule has 0 atom stereocenters. The van der Waals surface area contributed by atoms with Gasteiger partial charge >= 0.3 is 0 Å². The zero-order valence-corrected chi connectivity index (χ0v) is 14.6. The summed E-state index contributed by atoms with van der Waals surface area (Å²) >= 11 is 0. The number of nitrogens with one attached hydrogen (secondary N) is 1. The molecule has 28 heavy (non-hydrogen) atoms. The summed E-state index contributed by atoms with van der Waals surface area (Å²) in [6.07, 6.45) is 1.56. The number of pyridine rings is 1. The molecular weight excluding hydrogens is 363 g/mol. The van der Waals surface area contributed by atoms with Crippen molar-refractivity contribution in [2.24, 2.45) is 0 Å². The van der Waals surface area contributed by atoms with Crippen LogP contribution in [-0.4, -0.2) is 43.9 Å². The molecule has 9 heteroatoms. The van der Waals surface area contributed by atoms with Crippen LogP contribution in [0.5, 0.6) is 5.88 Å². The Labute approximate surface area is 159 Å². The average molecular weight is 378 g/mol. The predicted molar refractivity (Wildman–Crippen MR) is 98.2 cm³/mol. The van der Waals surface area contributed by atoms with Gasteiger partial charge in [-0.2, -0.15) is 4.52 Å². The summed E-state index contributed by atoms with van der Waals surface area (Å²) in [5.41, 5.74) is 1.40. The van der Waals surface area contributed by atoms with Crippen molar-refractivity contribution in [2.45, 2.75) is 0 Å². The molecule has 0 radical (unpaired) electrons. The summed E-state index contributed by atoms with van der Waals surface area (Å²) in [5.74, 6) is 0.0885. The first kappa shape index (κ1) is 17.5. The van der Waals surface area contributed by atoms with E-state index in [1.165, 1.54) is 16.6 Å². The van der Waals surface area contributed by atoms with Gasteiger partial charge in [0.2, 0.25) is 5.88 Å². The Bertz CT molecular complexity index is 1120. The topological polar surface area (TPSA) is 94.3 Å². The van der Waals surface area contributed by atoms with E-state index >= 15 is 0 Å². The van der Waals surface area contributed by atoms with Crippen molar-refractivity contribution in [2.75, 3.05) is 13.2 Å². The lowest BCUT2D eigenvalue weighted by atomic mass is 10.2. The van der Waals surface area contributed by atoms with Gasteiger partial charge in [-0.1, -0.05) is 18.2 Å². The van der Waals surface area contributed by atoms with E-state index in [2.05, 4.69) is 25.6 Å². The third kappa shape index (κ3) is 3.78. The Kier molecular flexibility index (Phi) is 4.87. The number of ether oxygens (including phenoxy) is 1. The molecule has 1 amide bonds. The summed E-state index contributed by atoms with van der Waals surface area (Å²) in [5, 5.41) is 15.1. The number of nitrogens with zero attached hydrogens (tertiary/aromatic N) is 5. The van der Waals surface area contributed by atoms with E-state index in [-0.39, 0.29) is 24.9 Å². The number of hydrogen-bond acceptors (Lipinski definition) is 6. The van der Waals surface area contributed by atoms with E-state index in [0.29, 0.717) is 28.6 Å². The molecule has 0 aliphatic heterocycles. The Morgan fingerprint density at radius 3 is 2.86 bits per heavy atom. The monoisotopic (exact) mass is 378 g/mol. The minimum absolute atomic E-state index is 0.217. The van der Waals surface area contributed by atoms with Gasteiger partial charge in [-0.05, 0) is 30.3 Å². The van der Waals surface area contributed by atoms with E-state index in [1.807, 2.05) is 0 Å². The molecule has 0 aliphatic carbocycles. The smallest absolute Gasteiger partial charge is 0.269 e. The number of amides is 1. The van der Waals surface area contributed by atoms with Gasteiger partial charge in [-0.3, -0.25) is 9.78 Å². The first-order chi connectivity index (χ1) is 13.7. The summed E-state index contributed by atoms with van der Waals surface area (Å²) in [7, 11) is 0. The first-order valence-electron chi connectivity index (χ1n) is 8.51. The third-order valence-corrected chi connectivity index (χ3v) is 3.86. The average Bonchev–Trinajstić information content (AvgIpc) is 3.15. The summed E-state index contributed by atoms with van der Waals surface area (Å²) in [6, 6.07) is 14.5. The van der Waals surface area contributed by atoms with Crippen LogP contribution in [0.25, 0.3) is 17.0 Å². The highest BCUT2D eigenvalue weighted by molar-refractivity contribution is 5.92. The molecule has 1 aromatic carbocycles. The molecule has 0 bridgehead atoms. The number of halogens is 1. The minimum atomic E-state index is -0.370. The van der Waals surface area contributed by atoms with Crippen molar-refractivity contribution >= 4 is 11.6 Å². The van der Waals surface area contributed by atoms with Crippen molar-refractivity contribution in [3.8, 4) is 17.3 Å². The molecule has 0 saturated heterocycles. The number of benzene rings is 1. The van der Waals surface area contributed by atoms with Gasteiger partial charge in [-0.15, -0.1) is 15.3 Å². The number of fused-ring (bicyclic) bond motifs is 1. The van der Waals surface area contributed by atoms with Crippen LogP contribution in [0.2, 0.25) is 0 Å². The Hall–Kier alpha value is -3.88. The van der Waals surface area contributed by atoms with Crippen LogP contribution >= 0.6 is 0 Å². The zero-order chi connectivity index (χ0) is 19.3. The van der Waals surface area contributed by atoms with Gasteiger partial charge in [0, 0.05) is 17.8 Å². The van der Waals surface area contributed by atoms with Gasteiger partial charge in [-0.25, -0.2) is 4.39 Å². The molecule has 0 aliphatic rings. The van der Waals surface area contributed by atoms with E-state index in [9.17, 15) is 9.18 Å². The van der Waals surface area contributed by atoms with Gasteiger partial charge in [0.1, 0.15) is 18.1 Å². The molecule has 0 fully saturated rings. The highest BCUT2D eigenvalue weighted by atomic mass is 19.1. The first-order valence-corrected chi connectivity index (χ1v) is 8.51. The molecule has 3 aromatic heterocycles. The van der Waals surface area contributed by atoms with Crippen molar-refractivity contribution in [3.05, 3.63) is 72.3 Å². The SMILES string of the molecule is O=C(NCCOc1ccc2nnc(-c3cccc(F)c3)n2n1)c1ccccn1. The minimum Gasteiger partial charge on any atom is -0.475 e. The fraction of sp³-hybridized carbons (Fsp3) is 0.105. The normalized spacial score (nSPS) is 10.8. The lowest BCUT2D eigenvalue weighted by Crippen LogP contribution is -2.28. The highest BCUT2D eigenvalue weighted by Gasteiger charge is 2.11. The molecule has 0 unspecified atom stereocenters. The van der Waals surface area contributed by atoms with Crippen LogP contribution in [0.4, 0.5) is 4.39 Å².